The van der Waals surface area contributed by atoms with Gasteiger partial charge in [-0.15, -0.1) is 0 Å². The predicted molar refractivity (Wildman–Crippen MR) is 141 cm³/mol. The molecular weight excluding hydrogens is 517 g/mol. The number of carbonyl (C=O) groups excluding carboxylic acids is 1. The Balaban J connectivity index is 2.08. The monoisotopic (exact) mass is 565 g/mol. The topological polar surface area (TPSA) is 45.7 Å². The van der Waals surface area contributed by atoms with Crippen LogP contribution in [-0.2, 0) is 4.74 Å². The first-order valence-corrected chi connectivity index (χ1v) is 16.1. The van der Waals surface area contributed by atoms with Crippen molar-refractivity contribution in [2.45, 2.75) is 108 Å². The van der Waals surface area contributed by atoms with Crippen molar-refractivity contribution in [1.82, 2.24) is 9.88 Å². The second-order valence-electron chi connectivity index (χ2n) is 10.6. The van der Waals surface area contributed by atoms with Crippen LogP contribution in [0.15, 0.2) is 18.2 Å². The number of rotatable bonds is 12. The number of ether oxygens (including phenoxy) is 1. The summed E-state index contributed by atoms with van der Waals surface area (Å²) in [6.45, 7) is 15.7. The first-order chi connectivity index (χ1) is 15.7. The molecule has 5 nitrogen and oxygen atoms in total. The molecule has 1 aliphatic heterocycles. The third kappa shape index (κ3) is 9.65. The molecule has 0 unspecified atom stereocenters. The molecule has 2 rings (SSSR count). The van der Waals surface area contributed by atoms with Crippen LogP contribution in [0.1, 0.15) is 99.3 Å². The van der Waals surface area contributed by atoms with Gasteiger partial charge in [-0.05, 0) is 0 Å². The minimum absolute atomic E-state index is 0.203. The molecule has 2 radical (unpaired) electrons. The number of carbonyl (C=O) groups is 1. The van der Waals surface area contributed by atoms with Crippen LogP contribution in [0.5, 0.6) is 0 Å². The van der Waals surface area contributed by atoms with E-state index in [9.17, 15) is 4.79 Å². The average molecular weight is 564 g/mol. The Morgan fingerprint density at radius 1 is 0.939 bits per heavy atom. The van der Waals surface area contributed by atoms with Gasteiger partial charge in [0, 0.05) is 0 Å². The Hall–Kier alpha value is -0.981. The minimum atomic E-state index is -0.839. The van der Waals surface area contributed by atoms with E-state index in [1.54, 1.807) is 0 Å². The van der Waals surface area contributed by atoms with Gasteiger partial charge in [-0.1, -0.05) is 0 Å². The quantitative estimate of drug-likeness (QED) is 0.284. The van der Waals surface area contributed by atoms with Crippen LogP contribution in [-0.4, -0.2) is 68.9 Å². The van der Waals surface area contributed by atoms with Crippen LogP contribution >= 0.6 is 0 Å². The first kappa shape index (κ1) is 28.3. The van der Waals surface area contributed by atoms with Crippen molar-refractivity contribution in [2.75, 3.05) is 31.1 Å². The van der Waals surface area contributed by atoms with Gasteiger partial charge in [0.2, 0.25) is 0 Å². The van der Waals surface area contributed by atoms with Crippen LogP contribution in [0.25, 0.3) is 0 Å². The van der Waals surface area contributed by atoms with Crippen molar-refractivity contribution in [1.29, 1.82) is 0 Å². The number of hydrogen-bond donors (Lipinski definition) is 0. The standard InChI is InChI=1S/C14H20N3O2.C13H27.Sn/c1-14(2,3)19-13(18)17-10-8-16(9-11-17)12-6-4-5-7-15-12;1-4-7-10-13(11-8-5-2)12-9-6-3;/h4-6H,8-11H2,1-3H3;4-12H2,1-3H3;. The summed E-state index contributed by atoms with van der Waals surface area (Å²) in [6, 6.07) is 6.66. The molecule has 0 aliphatic carbocycles. The first-order valence-electron chi connectivity index (χ1n) is 13.2. The fraction of sp³-hybridized carbons (Fsp3) is 0.778. The van der Waals surface area contributed by atoms with E-state index in [1.807, 2.05) is 25.7 Å². The summed E-state index contributed by atoms with van der Waals surface area (Å²) < 4.78 is 7.49. The van der Waals surface area contributed by atoms with Crippen molar-refractivity contribution in [3.05, 3.63) is 18.2 Å². The van der Waals surface area contributed by atoms with Crippen molar-refractivity contribution in [3.8, 4) is 0 Å². The molecule has 0 bridgehead atoms. The number of pyridine rings is 1. The molecule has 1 aromatic heterocycles. The molecule has 1 saturated heterocycles. The molecule has 1 amide bonds. The molecule has 2 heterocycles. The van der Waals surface area contributed by atoms with Crippen molar-refractivity contribution in [3.63, 3.8) is 0 Å². The number of amides is 1. The molecule has 0 saturated carbocycles. The van der Waals surface area contributed by atoms with Gasteiger partial charge in [0.05, 0.1) is 0 Å². The third-order valence-corrected chi connectivity index (χ3v) is 11.6. The van der Waals surface area contributed by atoms with Crippen LogP contribution in [0.3, 0.4) is 0 Å². The molecule has 33 heavy (non-hydrogen) atoms. The van der Waals surface area contributed by atoms with E-state index in [2.05, 4.69) is 43.9 Å². The van der Waals surface area contributed by atoms with Crippen molar-refractivity contribution < 1.29 is 9.53 Å². The summed E-state index contributed by atoms with van der Waals surface area (Å²) in [4.78, 5) is 21.8. The second kappa shape index (κ2) is 13.8. The summed E-state index contributed by atoms with van der Waals surface area (Å²) >= 11 is -0.839. The molecule has 186 valence electrons. The molecule has 0 atom stereocenters. The van der Waals surface area contributed by atoms with E-state index in [4.69, 9.17) is 9.72 Å². The average Bonchev–Trinajstić information content (AvgIpc) is 2.79. The summed E-state index contributed by atoms with van der Waals surface area (Å²) in [7, 11) is 0. The Morgan fingerprint density at radius 3 is 1.97 bits per heavy atom. The van der Waals surface area contributed by atoms with Gasteiger partial charge < -0.3 is 0 Å². The molecule has 0 aromatic carbocycles. The number of nitrogens with zero attached hydrogens (tertiary/aromatic N) is 3. The fourth-order valence-electron chi connectivity index (χ4n) is 4.49. The van der Waals surface area contributed by atoms with Gasteiger partial charge >= 0.3 is 214 Å². The molecule has 6 heteroatoms. The van der Waals surface area contributed by atoms with Crippen molar-refractivity contribution >= 4 is 36.8 Å². The maximum absolute atomic E-state index is 12.4. The van der Waals surface area contributed by atoms with E-state index in [-0.39, 0.29) is 6.09 Å². The molecular formula is C27H47N3O2Sn. The SMILES string of the molecule is CCCC[C](CCCC)(CCCC)[Sn][c]1cccc(N2CCN(C(=O)OC(C)(C)C)CC2)n1. The summed E-state index contributed by atoms with van der Waals surface area (Å²) in [6.07, 6.45) is 11.9. The van der Waals surface area contributed by atoms with E-state index >= 15 is 0 Å². The number of aromatic nitrogens is 1. The van der Waals surface area contributed by atoms with Crippen LogP contribution in [0.4, 0.5) is 10.6 Å². The van der Waals surface area contributed by atoms with Gasteiger partial charge in [0.25, 0.3) is 0 Å². The van der Waals surface area contributed by atoms with E-state index < -0.39 is 26.7 Å². The zero-order valence-corrected chi connectivity index (χ0v) is 24.9. The van der Waals surface area contributed by atoms with Gasteiger partial charge in [0.15, 0.2) is 0 Å². The Labute approximate surface area is 213 Å². The zero-order valence-electron chi connectivity index (χ0n) is 22.1. The molecule has 1 aliphatic rings. The summed E-state index contributed by atoms with van der Waals surface area (Å²) in [5, 5.41) is 0. The van der Waals surface area contributed by atoms with E-state index in [0.717, 1.165) is 18.9 Å². The number of unbranched alkanes of at least 4 members (excludes halogenated alkanes) is 3. The van der Waals surface area contributed by atoms with Gasteiger partial charge in [-0.25, -0.2) is 0 Å². The van der Waals surface area contributed by atoms with E-state index in [1.165, 1.54) is 61.5 Å². The molecule has 0 N–H and O–H groups in total. The van der Waals surface area contributed by atoms with Crippen LogP contribution < -0.4 is 8.61 Å². The number of anilines is 1. The molecule has 1 fully saturated rings. The van der Waals surface area contributed by atoms with Gasteiger partial charge in [-0.3, -0.25) is 0 Å². The second-order valence-corrected chi connectivity index (χ2v) is 15.8. The van der Waals surface area contributed by atoms with Crippen LogP contribution in [0.2, 0.25) is 3.43 Å². The van der Waals surface area contributed by atoms with Gasteiger partial charge in [0.1, 0.15) is 0 Å². The van der Waals surface area contributed by atoms with E-state index in [0.29, 0.717) is 16.5 Å². The summed E-state index contributed by atoms with van der Waals surface area (Å²) in [5.74, 6) is 1.09. The van der Waals surface area contributed by atoms with Gasteiger partial charge in [-0.2, -0.15) is 0 Å². The predicted octanol–water partition coefficient (Wildman–Crippen LogP) is 6.20. The zero-order chi connectivity index (χ0) is 24.3. The number of hydrogen-bond acceptors (Lipinski definition) is 4. The van der Waals surface area contributed by atoms with Crippen LogP contribution in [0, 0.1) is 0 Å². The fourth-order valence-corrected chi connectivity index (χ4v) is 9.63. The van der Waals surface area contributed by atoms with Crippen molar-refractivity contribution in [2.24, 2.45) is 0 Å². The summed E-state index contributed by atoms with van der Waals surface area (Å²) in [5.41, 5.74) is -0.449. The molecule has 1 aromatic rings. The Kier molecular flexibility index (Phi) is 11.8. The number of piperazine rings is 1. The third-order valence-electron chi connectivity index (χ3n) is 6.41. The normalized spacial score (nSPS) is 15.1. The maximum atomic E-state index is 12.4. The Bertz CT molecular complexity index is 690. The molecule has 0 spiro atoms. The Morgan fingerprint density at radius 2 is 1.48 bits per heavy atom.